The van der Waals surface area contributed by atoms with Crippen LogP contribution in [0, 0.1) is 5.92 Å². The molecule has 2 aromatic rings. The number of para-hydroxylation sites is 1. The van der Waals surface area contributed by atoms with Gasteiger partial charge in [-0.3, -0.25) is 9.78 Å². The molecule has 1 aromatic carbocycles. The largest absolute Gasteiger partial charge is 0.338 e. The summed E-state index contributed by atoms with van der Waals surface area (Å²) in [6.07, 6.45) is 4.97. The number of carbonyl (C=O) groups excluding carboxylic acids is 1. The predicted molar refractivity (Wildman–Crippen MR) is 100 cm³/mol. The first-order chi connectivity index (χ1) is 12.1. The molecule has 4 nitrogen and oxygen atoms in total. The second kappa shape index (κ2) is 6.51. The van der Waals surface area contributed by atoms with Crippen LogP contribution in [0.25, 0.3) is 0 Å². The van der Waals surface area contributed by atoms with Gasteiger partial charge >= 0.3 is 0 Å². The Labute approximate surface area is 149 Å². The zero-order valence-electron chi connectivity index (χ0n) is 15.0. The topological polar surface area (TPSA) is 36.4 Å². The normalized spacial score (nSPS) is 20.6. The molecule has 1 amide bonds. The molecule has 0 saturated carbocycles. The molecule has 0 bridgehead atoms. The Bertz CT molecular complexity index is 780. The fourth-order valence-corrected chi connectivity index (χ4v) is 4.02. The maximum absolute atomic E-state index is 12.8. The summed E-state index contributed by atoms with van der Waals surface area (Å²) in [7, 11) is 0. The van der Waals surface area contributed by atoms with Crippen LogP contribution in [-0.2, 0) is 6.42 Å². The van der Waals surface area contributed by atoms with Gasteiger partial charge in [-0.25, -0.2) is 0 Å². The smallest absolute Gasteiger partial charge is 0.272 e. The Morgan fingerprint density at radius 2 is 1.88 bits per heavy atom. The summed E-state index contributed by atoms with van der Waals surface area (Å²) in [4.78, 5) is 21.5. The predicted octanol–water partition coefficient (Wildman–Crippen LogP) is 4.04. The van der Waals surface area contributed by atoms with Gasteiger partial charge in [-0.15, -0.1) is 0 Å². The first-order valence-electron chi connectivity index (χ1n) is 9.26. The van der Waals surface area contributed by atoms with Crippen LogP contribution in [0.2, 0.25) is 0 Å². The maximum atomic E-state index is 12.8. The molecular formula is C21H25N3O. The molecule has 2 aliphatic heterocycles. The number of hydrogen-bond acceptors (Lipinski definition) is 3. The monoisotopic (exact) mass is 335 g/mol. The van der Waals surface area contributed by atoms with Crippen LogP contribution in [0.4, 0.5) is 11.4 Å². The SMILES string of the molecule is CC1CCN(C(=O)c2cc(N3c4ccccc4CC3C)ccn2)CC1. The second-order valence-corrected chi connectivity index (χ2v) is 7.43. The second-order valence-electron chi connectivity index (χ2n) is 7.43. The van der Waals surface area contributed by atoms with Crippen molar-refractivity contribution in [1.82, 2.24) is 9.88 Å². The molecule has 1 saturated heterocycles. The molecule has 4 heteroatoms. The van der Waals surface area contributed by atoms with E-state index in [1.807, 2.05) is 17.0 Å². The van der Waals surface area contributed by atoms with Crippen molar-refractivity contribution in [2.45, 2.75) is 39.2 Å². The van der Waals surface area contributed by atoms with E-state index in [4.69, 9.17) is 0 Å². The fourth-order valence-electron chi connectivity index (χ4n) is 4.02. The number of hydrogen-bond donors (Lipinski definition) is 0. The first kappa shape index (κ1) is 16.1. The summed E-state index contributed by atoms with van der Waals surface area (Å²) in [5, 5.41) is 0. The third-order valence-corrected chi connectivity index (χ3v) is 5.52. The summed E-state index contributed by atoms with van der Waals surface area (Å²) in [5.41, 5.74) is 4.22. The fraction of sp³-hybridized carbons (Fsp3) is 0.429. The molecule has 1 aromatic heterocycles. The van der Waals surface area contributed by atoms with Gasteiger partial charge in [0.15, 0.2) is 0 Å². The van der Waals surface area contributed by atoms with Gasteiger partial charge < -0.3 is 9.80 Å². The van der Waals surface area contributed by atoms with E-state index in [2.05, 4.69) is 48.0 Å². The van der Waals surface area contributed by atoms with Crippen molar-refractivity contribution < 1.29 is 4.79 Å². The summed E-state index contributed by atoms with van der Waals surface area (Å²) >= 11 is 0. The highest BCUT2D eigenvalue weighted by Crippen LogP contribution is 2.38. The minimum Gasteiger partial charge on any atom is -0.338 e. The number of nitrogens with zero attached hydrogens (tertiary/aromatic N) is 3. The van der Waals surface area contributed by atoms with Gasteiger partial charge in [0.05, 0.1) is 0 Å². The van der Waals surface area contributed by atoms with E-state index in [0.29, 0.717) is 17.7 Å². The van der Waals surface area contributed by atoms with Crippen molar-refractivity contribution in [3.63, 3.8) is 0 Å². The third-order valence-electron chi connectivity index (χ3n) is 5.52. The highest BCUT2D eigenvalue weighted by Gasteiger charge is 2.28. The van der Waals surface area contributed by atoms with E-state index >= 15 is 0 Å². The van der Waals surface area contributed by atoms with E-state index < -0.39 is 0 Å². The number of benzene rings is 1. The van der Waals surface area contributed by atoms with Crippen molar-refractivity contribution >= 4 is 17.3 Å². The third kappa shape index (κ3) is 3.01. The average Bonchev–Trinajstić information content (AvgIpc) is 2.97. The van der Waals surface area contributed by atoms with Crippen LogP contribution < -0.4 is 4.90 Å². The number of rotatable bonds is 2. The lowest BCUT2D eigenvalue weighted by molar-refractivity contribution is 0.0691. The number of piperidine rings is 1. The molecule has 3 heterocycles. The van der Waals surface area contributed by atoms with Crippen LogP contribution in [0.15, 0.2) is 42.6 Å². The average molecular weight is 335 g/mol. The Kier molecular flexibility index (Phi) is 4.20. The highest BCUT2D eigenvalue weighted by molar-refractivity contribution is 5.93. The molecule has 0 radical (unpaired) electrons. The van der Waals surface area contributed by atoms with E-state index in [9.17, 15) is 4.79 Å². The zero-order valence-corrected chi connectivity index (χ0v) is 15.0. The van der Waals surface area contributed by atoms with Crippen molar-refractivity contribution in [2.75, 3.05) is 18.0 Å². The van der Waals surface area contributed by atoms with Crippen LogP contribution >= 0.6 is 0 Å². The molecule has 130 valence electrons. The van der Waals surface area contributed by atoms with Gasteiger partial charge in [0.2, 0.25) is 0 Å². The van der Waals surface area contributed by atoms with Crippen molar-refractivity contribution in [1.29, 1.82) is 0 Å². The molecule has 2 aliphatic rings. The molecule has 25 heavy (non-hydrogen) atoms. The number of anilines is 2. The van der Waals surface area contributed by atoms with Gasteiger partial charge in [-0.2, -0.15) is 0 Å². The molecule has 4 rings (SSSR count). The minimum absolute atomic E-state index is 0.0638. The number of fused-ring (bicyclic) bond motifs is 1. The van der Waals surface area contributed by atoms with E-state index in [1.165, 1.54) is 11.3 Å². The number of likely N-dealkylation sites (tertiary alicyclic amines) is 1. The van der Waals surface area contributed by atoms with E-state index in [0.717, 1.165) is 38.0 Å². The van der Waals surface area contributed by atoms with E-state index in [1.54, 1.807) is 6.20 Å². The van der Waals surface area contributed by atoms with E-state index in [-0.39, 0.29) is 5.91 Å². The lowest BCUT2D eigenvalue weighted by atomic mass is 9.99. The first-order valence-corrected chi connectivity index (χ1v) is 9.26. The van der Waals surface area contributed by atoms with Crippen LogP contribution in [0.5, 0.6) is 0 Å². The van der Waals surface area contributed by atoms with Crippen LogP contribution in [-0.4, -0.2) is 34.9 Å². The molecule has 0 N–H and O–H groups in total. The summed E-state index contributed by atoms with van der Waals surface area (Å²) in [5.74, 6) is 0.777. The Balaban J connectivity index is 1.61. The Hall–Kier alpha value is -2.36. The van der Waals surface area contributed by atoms with Crippen molar-refractivity contribution in [2.24, 2.45) is 5.92 Å². The number of pyridine rings is 1. The zero-order chi connectivity index (χ0) is 17.4. The Morgan fingerprint density at radius 3 is 2.68 bits per heavy atom. The van der Waals surface area contributed by atoms with Gasteiger partial charge in [0, 0.05) is 36.7 Å². The maximum Gasteiger partial charge on any atom is 0.272 e. The standard InChI is InChI=1S/C21H25N3O/c1-15-8-11-23(12-9-15)21(25)19-14-18(7-10-22-19)24-16(2)13-17-5-3-4-6-20(17)24/h3-7,10,14-16H,8-9,11-13H2,1-2H3. The highest BCUT2D eigenvalue weighted by atomic mass is 16.2. The number of amides is 1. The molecule has 1 fully saturated rings. The quantitative estimate of drug-likeness (QED) is 0.831. The lowest BCUT2D eigenvalue weighted by Gasteiger charge is -2.30. The summed E-state index contributed by atoms with van der Waals surface area (Å²) in [6, 6.07) is 12.9. The summed E-state index contributed by atoms with van der Waals surface area (Å²) < 4.78 is 0. The molecule has 1 unspecified atom stereocenters. The number of carbonyl (C=O) groups is 1. The van der Waals surface area contributed by atoms with Gasteiger partial charge in [-0.1, -0.05) is 25.1 Å². The van der Waals surface area contributed by atoms with Crippen molar-refractivity contribution in [3.8, 4) is 0 Å². The van der Waals surface area contributed by atoms with Crippen molar-refractivity contribution in [3.05, 3.63) is 53.9 Å². The molecular weight excluding hydrogens is 310 g/mol. The number of aromatic nitrogens is 1. The van der Waals surface area contributed by atoms with Gasteiger partial charge in [0.25, 0.3) is 5.91 Å². The van der Waals surface area contributed by atoms with Gasteiger partial charge in [0.1, 0.15) is 5.69 Å². The Morgan fingerprint density at radius 1 is 1.12 bits per heavy atom. The van der Waals surface area contributed by atoms with Crippen LogP contribution in [0.3, 0.4) is 0 Å². The summed E-state index contributed by atoms with van der Waals surface area (Å²) in [6.45, 7) is 6.17. The lowest BCUT2D eigenvalue weighted by Crippen LogP contribution is -2.38. The minimum atomic E-state index is 0.0638. The molecule has 0 spiro atoms. The van der Waals surface area contributed by atoms with Crippen LogP contribution in [0.1, 0.15) is 42.7 Å². The van der Waals surface area contributed by atoms with Gasteiger partial charge in [-0.05, 0) is 55.9 Å². The molecule has 1 atom stereocenters. The molecule has 0 aliphatic carbocycles.